The zero-order chi connectivity index (χ0) is 17.0. The third-order valence-electron chi connectivity index (χ3n) is 3.37. The van der Waals surface area contributed by atoms with Gasteiger partial charge in [0.15, 0.2) is 0 Å². The van der Waals surface area contributed by atoms with Gasteiger partial charge in [-0.25, -0.2) is 5.43 Å². The fraction of sp³-hybridized carbons (Fsp3) is 0.222. The summed E-state index contributed by atoms with van der Waals surface area (Å²) in [6.07, 6.45) is 1.43. The minimum atomic E-state index is -0.343. The van der Waals surface area contributed by atoms with E-state index in [1.807, 2.05) is 12.1 Å². The lowest BCUT2D eigenvalue weighted by Crippen LogP contribution is -2.17. The average molecular weight is 331 g/mol. The SMILES string of the molecule is CC(C)(C)c1ccc(O)c(/C=N/NC(=O)c2ccc(Cl)cc2)c1. The van der Waals surface area contributed by atoms with Gasteiger partial charge in [0.25, 0.3) is 5.91 Å². The van der Waals surface area contributed by atoms with E-state index in [4.69, 9.17) is 11.6 Å². The molecular weight excluding hydrogens is 312 g/mol. The van der Waals surface area contributed by atoms with Gasteiger partial charge in [-0.3, -0.25) is 4.79 Å². The molecule has 0 bridgehead atoms. The lowest BCUT2D eigenvalue weighted by molar-refractivity contribution is 0.0955. The Hall–Kier alpha value is -2.33. The van der Waals surface area contributed by atoms with Crippen molar-refractivity contribution >= 4 is 23.7 Å². The van der Waals surface area contributed by atoms with Crippen LogP contribution in [0.1, 0.15) is 42.3 Å². The van der Waals surface area contributed by atoms with Crippen LogP contribution in [-0.2, 0) is 5.41 Å². The van der Waals surface area contributed by atoms with Crippen LogP contribution >= 0.6 is 11.6 Å². The van der Waals surface area contributed by atoms with Gasteiger partial charge >= 0.3 is 0 Å². The molecule has 0 fully saturated rings. The minimum absolute atomic E-state index is 0.0388. The molecule has 0 aliphatic carbocycles. The summed E-state index contributed by atoms with van der Waals surface area (Å²) in [5.41, 5.74) is 4.47. The molecule has 23 heavy (non-hydrogen) atoms. The second kappa shape index (κ2) is 6.84. The Morgan fingerprint density at radius 3 is 2.43 bits per heavy atom. The Morgan fingerprint density at radius 2 is 1.83 bits per heavy atom. The van der Waals surface area contributed by atoms with Gasteiger partial charge in [-0.05, 0) is 47.4 Å². The van der Waals surface area contributed by atoms with Gasteiger partial charge in [-0.15, -0.1) is 0 Å². The molecule has 0 radical (unpaired) electrons. The Kier molecular flexibility index (Phi) is 5.06. The van der Waals surface area contributed by atoms with Gasteiger partial charge in [-0.1, -0.05) is 38.4 Å². The molecule has 4 nitrogen and oxygen atoms in total. The molecule has 2 rings (SSSR count). The van der Waals surface area contributed by atoms with Crippen LogP contribution in [0.3, 0.4) is 0 Å². The predicted molar refractivity (Wildman–Crippen MR) is 93.3 cm³/mol. The first-order valence-electron chi connectivity index (χ1n) is 7.20. The normalized spacial score (nSPS) is 11.7. The highest BCUT2D eigenvalue weighted by molar-refractivity contribution is 6.30. The molecule has 0 aliphatic heterocycles. The first-order chi connectivity index (χ1) is 10.8. The summed E-state index contributed by atoms with van der Waals surface area (Å²) >= 11 is 5.78. The fourth-order valence-corrected chi connectivity index (χ4v) is 2.08. The largest absolute Gasteiger partial charge is 0.507 e. The monoisotopic (exact) mass is 330 g/mol. The molecule has 120 valence electrons. The van der Waals surface area contributed by atoms with E-state index in [1.54, 1.807) is 30.3 Å². The minimum Gasteiger partial charge on any atom is -0.507 e. The number of nitrogens with one attached hydrogen (secondary N) is 1. The average Bonchev–Trinajstić information content (AvgIpc) is 2.48. The number of hydrogen-bond acceptors (Lipinski definition) is 3. The van der Waals surface area contributed by atoms with E-state index in [2.05, 4.69) is 31.3 Å². The van der Waals surface area contributed by atoms with Crippen molar-refractivity contribution in [1.82, 2.24) is 5.43 Å². The molecule has 2 aromatic carbocycles. The third kappa shape index (κ3) is 4.57. The second-order valence-corrected chi connectivity index (χ2v) is 6.67. The quantitative estimate of drug-likeness (QED) is 0.657. The van der Waals surface area contributed by atoms with E-state index >= 15 is 0 Å². The van der Waals surface area contributed by atoms with Crippen LogP contribution < -0.4 is 5.43 Å². The van der Waals surface area contributed by atoms with Crippen molar-refractivity contribution in [2.45, 2.75) is 26.2 Å². The van der Waals surface area contributed by atoms with Crippen LogP contribution in [0.15, 0.2) is 47.6 Å². The molecular formula is C18H19ClN2O2. The van der Waals surface area contributed by atoms with Crippen molar-refractivity contribution in [2.24, 2.45) is 5.10 Å². The summed E-state index contributed by atoms with van der Waals surface area (Å²) in [5, 5.41) is 14.4. The number of carbonyl (C=O) groups excluding carboxylic acids is 1. The molecule has 0 unspecified atom stereocenters. The maximum atomic E-state index is 11.9. The Bertz CT molecular complexity index is 732. The molecule has 0 atom stereocenters. The molecule has 0 aromatic heterocycles. The van der Waals surface area contributed by atoms with Crippen LogP contribution in [0.4, 0.5) is 0 Å². The number of nitrogens with zero attached hydrogens (tertiary/aromatic N) is 1. The lowest BCUT2D eigenvalue weighted by Gasteiger charge is -2.19. The molecule has 0 saturated carbocycles. The number of hydrogen-bond donors (Lipinski definition) is 2. The van der Waals surface area contributed by atoms with E-state index < -0.39 is 0 Å². The summed E-state index contributed by atoms with van der Waals surface area (Å²) in [4.78, 5) is 11.9. The third-order valence-corrected chi connectivity index (χ3v) is 3.62. The molecule has 0 saturated heterocycles. The fourth-order valence-electron chi connectivity index (χ4n) is 1.95. The molecule has 0 spiro atoms. The van der Waals surface area contributed by atoms with Crippen molar-refractivity contribution in [3.63, 3.8) is 0 Å². The first kappa shape index (κ1) is 17.0. The van der Waals surface area contributed by atoms with Crippen LogP contribution in [0.5, 0.6) is 5.75 Å². The molecule has 5 heteroatoms. The van der Waals surface area contributed by atoms with Crippen molar-refractivity contribution in [3.8, 4) is 5.75 Å². The topological polar surface area (TPSA) is 61.7 Å². The maximum absolute atomic E-state index is 11.9. The number of aromatic hydroxyl groups is 1. The van der Waals surface area contributed by atoms with E-state index in [0.29, 0.717) is 16.1 Å². The zero-order valence-corrected chi connectivity index (χ0v) is 14.1. The zero-order valence-electron chi connectivity index (χ0n) is 13.3. The lowest BCUT2D eigenvalue weighted by atomic mass is 9.86. The van der Waals surface area contributed by atoms with E-state index in [0.717, 1.165) is 5.56 Å². The molecule has 2 N–H and O–H groups in total. The highest BCUT2D eigenvalue weighted by Gasteiger charge is 2.14. The first-order valence-corrected chi connectivity index (χ1v) is 7.57. The molecule has 0 heterocycles. The van der Waals surface area contributed by atoms with Crippen molar-refractivity contribution in [1.29, 1.82) is 0 Å². The standard InChI is InChI=1S/C18H19ClN2O2/c1-18(2,3)14-6-9-16(22)13(10-14)11-20-21-17(23)12-4-7-15(19)8-5-12/h4-11,22H,1-3H3,(H,21,23)/b20-11+. The van der Waals surface area contributed by atoms with Crippen LogP contribution in [0.25, 0.3) is 0 Å². The van der Waals surface area contributed by atoms with Gasteiger partial charge in [0.05, 0.1) is 6.21 Å². The van der Waals surface area contributed by atoms with Gasteiger partial charge in [-0.2, -0.15) is 5.10 Å². The van der Waals surface area contributed by atoms with E-state index in [9.17, 15) is 9.90 Å². The summed E-state index contributed by atoms with van der Waals surface area (Å²) in [5.74, 6) is -0.230. The molecule has 2 aromatic rings. The summed E-state index contributed by atoms with van der Waals surface area (Å²) in [6.45, 7) is 6.26. The van der Waals surface area contributed by atoms with E-state index in [-0.39, 0.29) is 17.1 Å². The van der Waals surface area contributed by atoms with Crippen molar-refractivity contribution < 1.29 is 9.90 Å². The summed E-state index contributed by atoms with van der Waals surface area (Å²) < 4.78 is 0. The number of amides is 1. The van der Waals surface area contributed by atoms with Crippen molar-refractivity contribution in [2.75, 3.05) is 0 Å². The van der Waals surface area contributed by atoms with E-state index in [1.165, 1.54) is 6.21 Å². The van der Waals surface area contributed by atoms with Gasteiger partial charge < -0.3 is 5.11 Å². The molecule has 0 aliphatic rings. The highest BCUT2D eigenvalue weighted by Crippen LogP contribution is 2.26. The number of phenolic OH excluding ortho intramolecular Hbond substituents is 1. The van der Waals surface area contributed by atoms with Gasteiger partial charge in [0, 0.05) is 16.1 Å². The number of carbonyl (C=O) groups is 1. The number of phenols is 1. The Morgan fingerprint density at radius 1 is 1.17 bits per heavy atom. The van der Waals surface area contributed by atoms with Crippen molar-refractivity contribution in [3.05, 3.63) is 64.2 Å². The van der Waals surface area contributed by atoms with Crippen LogP contribution in [-0.4, -0.2) is 17.2 Å². The second-order valence-electron chi connectivity index (χ2n) is 6.23. The summed E-state index contributed by atoms with van der Waals surface area (Å²) in [6, 6.07) is 11.9. The predicted octanol–water partition coefficient (Wildman–Crippen LogP) is 4.11. The highest BCUT2D eigenvalue weighted by atomic mass is 35.5. The molecule has 1 amide bonds. The number of benzene rings is 2. The Balaban J connectivity index is 2.11. The smallest absolute Gasteiger partial charge is 0.271 e. The summed E-state index contributed by atoms with van der Waals surface area (Å²) in [7, 11) is 0. The number of halogens is 1. The van der Waals surface area contributed by atoms with Gasteiger partial charge in [0.2, 0.25) is 0 Å². The number of rotatable bonds is 3. The maximum Gasteiger partial charge on any atom is 0.271 e. The Labute approximate surface area is 140 Å². The van der Waals surface area contributed by atoms with Crippen LogP contribution in [0.2, 0.25) is 5.02 Å². The van der Waals surface area contributed by atoms with Crippen LogP contribution in [0, 0.1) is 0 Å². The number of hydrazone groups is 1. The van der Waals surface area contributed by atoms with Gasteiger partial charge in [0.1, 0.15) is 5.75 Å².